The quantitative estimate of drug-likeness (QED) is 0.729. The SMILES string of the molecule is Cc1ccc2c(c1)nc(CCl)n2C1CCCC1. The third-order valence-electron chi connectivity index (χ3n) is 3.73. The van der Waals surface area contributed by atoms with Crippen molar-refractivity contribution in [1.29, 1.82) is 0 Å². The third-order valence-corrected chi connectivity index (χ3v) is 3.97. The van der Waals surface area contributed by atoms with Crippen LogP contribution < -0.4 is 0 Å². The van der Waals surface area contributed by atoms with Gasteiger partial charge < -0.3 is 4.57 Å². The Balaban J connectivity index is 2.19. The van der Waals surface area contributed by atoms with Gasteiger partial charge in [0.05, 0.1) is 16.9 Å². The second kappa shape index (κ2) is 4.34. The van der Waals surface area contributed by atoms with Crippen LogP contribution >= 0.6 is 11.6 Å². The summed E-state index contributed by atoms with van der Waals surface area (Å²) < 4.78 is 2.37. The number of hydrogen-bond acceptors (Lipinski definition) is 1. The van der Waals surface area contributed by atoms with Crippen LogP contribution in [-0.2, 0) is 5.88 Å². The smallest absolute Gasteiger partial charge is 0.125 e. The molecule has 1 saturated carbocycles. The van der Waals surface area contributed by atoms with E-state index in [4.69, 9.17) is 11.6 Å². The molecule has 1 heterocycles. The van der Waals surface area contributed by atoms with Gasteiger partial charge in [0.1, 0.15) is 5.82 Å². The van der Waals surface area contributed by atoms with E-state index in [1.807, 2.05) is 0 Å². The van der Waals surface area contributed by atoms with Crippen LogP contribution in [0.1, 0.15) is 43.1 Å². The van der Waals surface area contributed by atoms with Crippen molar-refractivity contribution >= 4 is 22.6 Å². The van der Waals surface area contributed by atoms with Gasteiger partial charge in [-0.15, -0.1) is 11.6 Å². The highest BCUT2D eigenvalue weighted by atomic mass is 35.5. The van der Waals surface area contributed by atoms with Gasteiger partial charge in [-0.1, -0.05) is 18.9 Å². The summed E-state index contributed by atoms with van der Waals surface area (Å²) in [4.78, 5) is 4.67. The van der Waals surface area contributed by atoms with Gasteiger partial charge >= 0.3 is 0 Å². The number of imidazole rings is 1. The first-order valence-corrected chi connectivity index (χ1v) is 6.86. The number of aryl methyl sites for hydroxylation is 1. The lowest BCUT2D eigenvalue weighted by Crippen LogP contribution is -2.07. The van der Waals surface area contributed by atoms with Crippen molar-refractivity contribution in [1.82, 2.24) is 9.55 Å². The van der Waals surface area contributed by atoms with Crippen LogP contribution in [0.15, 0.2) is 18.2 Å². The molecule has 2 nitrogen and oxygen atoms in total. The summed E-state index contributed by atoms with van der Waals surface area (Å²) in [5.74, 6) is 1.53. The van der Waals surface area contributed by atoms with Crippen molar-refractivity contribution in [3.8, 4) is 0 Å². The molecule has 1 aromatic carbocycles. The Kier molecular flexibility index (Phi) is 2.83. The predicted molar refractivity (Wildman–Crippen MR) is 71.5 cm³/mol. The molecule has 0 amide bonds. The third kappa shape index (κ3) is 1.85. The maximum Gasteiger partial charge on any atom is 0.125 e. The van der Waals surface area contributed by atoms with E-state index < -0.39 is 0 Å². The molecule has 0 atom stereocenters. The van der Waals surface area contributed by atoms with E-state index in [1.165, 1.54) is 36.8 Å². The predicted octanol–water partition coefficient (Wildman–Crippen LogP) is 4.20. The molecule has 17 heavy (non-hydrogen) atoms. The van der Waals surface area contributed by atoms with Crippen molar-refractivity contribution < 1.29 is 0 Å². The van der Waals surface area contributed by atoms with E-state index in [2.05, 4.69) is 34.7 Å². The number of halogens is 1. The molecule has 90 valence electrons. The average Bonchev–Trinajstić information content (AvgIpc) is 2.93. The van der Waals surface area contributed by atoms with Gasteiger partial charge in [0.15, 0.2) is 0 Å². The fourth-order valence-electron chi connectivity index (χ4n) is 2.92. The molecule has 3 heteroatoms. The highest BCUT2D eigenvalue weighted by molar-refractivity contribution is 6.16. The molecule has 1 fully saturated rings. The normalized spacial score (nSPS) is 17.1. The number of nitrogens with zero attached hydrogens (tertiary/aromatic N) is 2. The second-order valence-electron chi connectivity index (χ2n) is 4.96. The van der Waals surface area contributed by atoms with Crippen molar-refractivity contribution in [2.45, 2.75) is 44.5 Å². The summed E-state index contributed by atoms with van der Waals surface area (Å²) >= 11 is 6.04. The van der Waals surface area contributed by atoms with Gasteiger partial charge in [-0.2, -0.15) is 0 Å². The van der Waals surface area contributed by atoms with Crippen LogP contribution in [0.3, 0.4) is 0 Å². The summed E-state index contributed by atoms with van der Waals surface area (Å²) in [6, 6.07) is 7.10. The van der Waals surface area contributed by atoms with Crippen LogP contribution in [-0.4, -0.2) is 9.55 Å². The van der Waals surface area contributed by atoms with Crippen LogP contribution in [0.5, 0.6) is 0 Å². The Morgan fingerprint density at radius 1 is 1.35 bits per heavy atom. The Hall–Kier alpha value is -1.02. The zero-order chi connectivity index (χ0) is 11.8. The number of rotatable bonds is 2. The first kappa shape index (κ1) is 11.1. The van der Waals surface area contributed by atoms with Crippen LogP contribution in [0.4, 0.5) is 0 Å². The molecule has 0 radical (unpaired) electrons. The zero-order valence-electron chi connectivity index (χ0n) is 10.1. The number of hydrogen-bond donors (Lipinski definition) is 0. The standard InChI is InChI=1S/C14H17ClN2/c1-10-6-7-13-12(8-10)16-14(9-15)17(13)11-4-2-3-5-11/h6-8,11H,2-5,9H2,1H3. The largest absolute Gasteiger partial charge is 0.324 e. The van der Waals surface area contributed by atoms with Gasteiger partial charge in [0, 0.05) is 6.04 Å². The van der Waals surface area contributed by atoms with E-state index in [0.717, 1.165) is 11.3 Å². The van der Waals surface area contributed by atoms with Crippen LogP contribution in [0.25, 0.3) is 11.0 Å². The number of aromatic nitrogens is 2. The minimum absolute atomic E-state index is 0.504. The molecule has 3 rings (SSSR count). The Morgan fingerprint density at radius 2 is 2.12 bits per heavy atom. The highest BCUT2D eigenvalue weighted by Crippen LogP contribution is 2.34. The maximum atomic E-state index is 6.04. The molecule has 0 spiro atoms. The summed E-state index contributed by atoms with van der Waals surface area (Å²) in [6.45, 7) is 2.11. The second-order valence-corrected chi connectivity index (χ2v) is 5.23. The first-order valence-electron chi connectivity index (χ1n) is 6.33. The van der Waals surface area contributed by atoms with Gasteiger partial charge in [-0.25, -0.2) is 4.98 Å². The van der Waals surface area contributed by atoms with Crippen molar-refractivity contribution in [2.75, 3.05) is 0 Å². The van der Waals surface area contributed by atoms with Gasteiger partial charge in [-0.3, -0.25) is 0 Å². The number of benzene rings is 1. The molecule has 0 bridgehead atoms. The molecule has 0 saturated heterocycles. The van der Waals surface area contributed by atoms with E-state index in [0.29, 0.717) is 11.9 Å². The molecule has 0 unspecified atom stereocenters. The topological polar surface area (TPSA) is 17.8 Å². The lowest BCUT2D eigenvalue weighted by Gasteiger charge is -2.15. The van der Waals surface area contributed by atoms with Crippen molar-refractivity contribution in [3.05, 3.63) is 29.6 Å². The monoisotopic (exact) mass is 248 g/mol. The van der Waals surface area contributed by atoms with Crippen LogP contribution in [0, 0.1) is 6.92 Å². The highest BCUT2D eigenvalue weighted by Gasteiger charge is 2.21. The summed E-state index contributed by atoms with van der Waals surface area (Å²) in [5.41, 5.74) is 3.60. The minimum atomic E-state index is 0.504. The Labute approximate surface area is 107 Å². The molecular formula is C14H17ClN2. The Bertz CT molecular complexity index is 538. The zero-order valence-corrected chi connectivity index (χ0v) is 10.9. The molecular weight excluding hydrogens is 232 g/mol. The number of alkyl halides is 1. The van der Waals surface area contributed by atoms with E-state index in [9.17, 15) is 0 Å². The van der Waals surface area contributed by atoms with E-state index in [1.54, 1.807) is 0 Å². The summed E-state index contributed by atoms with van der Waals surface area (Å²) in [6.07, 6.45) is 5.20. The van der Waals surface area contributed by atoms with E-state index >= 15 is 0 Å². The van der Waals surface area contributed by atoms with Gasteiger partial charge in [-0.05, 0) is 37.5 Å². The molecule has 1 aliphatic rings. The summed E-state index contributed by atoms with van der Waals surface area (Å²) in [5, 5.41) is 0. The minimum Gasteiger partial charge on any atom is -0.324 e. The van der Waals surface area contributed by atoms with Crippen molar-refractivity contribution in [3.63, 3.8) is 0 Å². The lowest BCUT2D eigenvalue weighted by molar-refractivity contribution is 0.518. The Morgan fingerprint density at radius 3 is 2.82 bits per heavy atom. The maximum absolute atomic E-state index is 6.04. The van der Waals surface area contributed by atoms with Gasteiger partial charge in [0.2, 0.25) is 0 Å². The van der Waals surface area contributed by atoms with Crippen molar-refractivity contribution in [2.24, 2.45) is 0 Å². The summed E-state index contributed by atoms with van der Waals surface area (Å²) in [7, 11) is 0. The first-order chi connectivity index (χ1) is 8.29. The van der Waals surface area contributed by atoms with E-state index in [-0.39, 0.29) is 0 Å². The van der Waals surface area contributed by atoms with Crippen LogP contribution in [0.2, 0.25) is 0 Å². The molecule has 0 N–H and O–H groups in total. The fourth-order valence-corrected chi connectivity index (χ4v) is 3.11. The number of fused-ring (bicyclic) bond motifs is 1. The van der Waals surface area contributed by atoms with Gasteiger partial charge in [0.25, 0.3) is 0 Å². The molecule has 0 aliphatic heterocycles. The fraction of sp³-hybridized carbons (Fsp3) is 0.500. The molecule has 1 aromatic heterocycles. The average molecular weight is 249 g/mol. The molecule has 2 aromatic rings. The molecule has 1 aliphatic carbocycles. The lowest BCUT2D eigenvalue weighted by atomic mass is 10.2.